The molecule has 3 N–H and O–H groups in total. The van der Waals surface area contributed by atoms with Crippen molar-refractivity contribution in [2.24, 2.45) is 0 Å². The van der Waals surface area contributed by atoms with Gasteiger partial charge in [-0.2, -0.15) is 46.7 Å². The second-order valence-electron chi connectivity index (χ2n) is 14.4. The van der Waals surface area contributed by atoms with Crippen molar-refractivity contribution < 1.29 is 49.8 Å². The number of carboxylic acid groups (broad SMARTS) is 1. The number of hydrogen-bond donors (Lipinski definition) is 2. The monoisotopic (exact) mass is 987 g/mol. The predicted octanol–water partition coefficient (Wildman–Crippen LogP) is 11.5. The van der Waals surface area contributed by atoms with Gasteiger partial charge in [0.2, 0.25) is 0 Å². The molecule has 356 valence electrons. The van der Waals surface area contributed by atoms with Gasteiger partial charge >= 0.3 is 18.3 Å². The molecule has 4 aromatic heterocycles. The smallest absolute Gasteiger partial charge is 0.436 e. The molecule has 0 saturated heterocycles. The molecule has 0 fully saturated rings. The average molecular weight is 989 g/mol. The molecule has 0 radical (unpaired) electrons. The molecule has 22 heteroatoms. The first-order valence-electron chi connectivity index (χ1n) is 19.5. The van der Waals surface area contributed by atoms with Crippen LogP contribution in [0.25, 0.3) is 33.9 Å². The molecule has 0 saturated carbocycles. The van der Waals surface area contributed by atoms with Crippen molar-refractivity contribution in [1.29, 1.82) is 0 Å². The zero-order valence-corrected chi connectivity index (χ0v) is 36.4. The van der Waals surface area contributed by atoms with Crippen LogP contribution in [0.3, 0.4) is 0 Å². The molecule has 8 aromatic rings. The second kappa shape index (κ2) is 21.5. The molecule has 0 aliphatic heterocycles. The Balaban J connectivity index is 0.000000209. The minimum atomic E-state index is -4.72. The summed E-state index contributed by atoms with van der Waals surface area (Å²) >= 11 is 11.2. The number of Topliss-reactive ketones (excluding diaryl/α,β-unsaturated/α-hetero) is 1. The number of nitrogen functional groups attached to an aromatic ring is 1. The number of ketones is 1. The molecule has 4 heterocycles. The SMILES string of the molecule is C.Cc1c(Cl)c(C(F)(F)F)nn1CC(=O)Cc1cnn(-c2ccc(F)cc2)c1-c1ccccc1.Cc1c(Cl)c(C(F)(F)F)nn1CC(=O)O.Nc1cnn(-c2ccc(F)cc2)c1-c1ccccc1. The van der Waals surface area contributed by atoms with Gasteiger partial charge in [0.25, 0.3) is 0 Å². The van der Waals surface area contributed by atoms with Crippen molar-refractivity contribution in [3.8, 4) is 33.9 Å². The number of carbonyl (C=O) groups excluding carboxylic acids is 1. The van der Waals surface area contributed by atoms with E-state index >= 15 is 0 Å². The molecule has 68 heavy (non-hydrogen) atoms. The fourth-order valence-corrected chi connectivity index (χ4v) is 6.98. The Morgan fingerprint density at radius 2 is 1.01 bits per heavy atom. The van der Waals surface area contributed by atoms with Crippen LogP contribution in [0.5, 0.6) is 0 Å². The van der Waals surface area contributed by atoms with E-state index < -0.39 is 52.1 Å². The summed E-state index contributed by atoms with van der Waals surface area (Å²) in [5.74, 6) is -2.33. The Bertz CT molecular complexity index is 2990. The summed E-state index contributed by atoms with van der Waals surface area (Å²) in [5.41, 5.74) is 9.27. The fraction of sp³-hybridized carbons (Fsp3) is 0.174. The lowest BCUT2D eigenvalue weighted by atomic mass is 10.0. The Labute approximate surface area is 392 Å². The Morgan fingerprint density at radius 1 is 0.618 bits per heavy atom. The molecule has 0 amide bonds. The first kappa shape index (κ1) is 51.7. The Morgan fingerprint density at radius 3 is 1.43 bits per heavy atom. The van der Waals surface area contributed by atoms with E-state index in [2.05, 4.69) is 20.4 Å². The highest BCUT2D eigenvalue weighted by molar-refractivity contribution is 6.32. The fourth-order valence-electron chi connectivity index (χ4n) is 6.50. The van der Waals surface area contributed by atoms with Crippen molar-refractivity contribution in [2.45, 2.75) is 53.1 Å². The number of anilines is 1. The number of carbonyl (C=O) groups is 2. The second-order valence-corrected chi connectivity index (χ2v) is 15.1. The molecule has 4 aromatic carbocycles. The normalized spacial score (nSPS) is 11.2. The molecular formula is C46H39Cl2F8N9O3. The zero-order chi connectivity index (χ0) is 48.8. The molecule has 0 bridgehead atoms. The van der Waals surface area contributed by atoms with Crippen LogP contribution in [0.15, 0.2) is 122 Å². The van der Waals surface area contributed by atoms with Gasteiger partial charge in [-0.25, -0.2) is 18.1 Å². The van der Waals surface area contributed by atoms with Crippen LogP contribution in [0.4, 0.5) is 40.8 Å². The Hall–Kier alpha value is -7.32. The lowest BCUT2D eigenvalue weighted by Crippen LogP contribution is -2.16. The topological polar surface area (TPSA) is 152 Å². The quantitative estimate of drug-likeness (QED) is 0.129. The maximum absolute atomic E-state index is 13.4. The highest BCUT2D eigenvalue weighted by atomic mass is 35.5. The number of aromatic nitrogens is 8. The third-order valence-electron chi connectivity index (χ3n) is 9.68. The van der Waals surface area contributed by atoms with Gasteiger partial charge in [0.1, 0.15) is 24.7 Å². The van der Waals surface area contributed by atoms with Crippen molar-refractivity contribution in [3.05, 3.63) is 172 Å². The average Bonchev–Trinajstić information content (AvgIpc) is 4.03. The van der Waals surface area contributed by atoms with Crippen molar-refractivity contribution in [2.75, 3.05) is 5.73 Å². The number of benzene rings is 4. The molecule has 0 unspecified atom stereocenters. The van der Waals surface area contributed by atoms with Crippen LogP contribution < -0.4 is 5.73 Å². The van der Waals surface area contributed by atoms with Crippen LogP contribution >= 0.6 is 23.2 Å². The number of rotatable bonds is 10. The van der Waals surface area contributed by atoms with Gasteiger partial charge in [-0.3, -0.25) is 19.0 Å². The summed E-state index contributed by atoms with van der Waals surface area (Å²) < 4.78 is 107. The van der Waals surface area contributed by atoms with E-state index in [1.54, 1.807) is 39.8 Å². The largest absolute Gasteiger partial charge is 0.480 e. The molecule has 0 aliphatic rings. The third kappa shape index (κ3) is 12.2. The maximum Gasteiger partial charge on any atom is 0.436 e. The number of hydrogen-bond acceptors (Lipinski definition) is 7. The van der Waals surface area contributed by atoms with Gasteiger partial charge in [-0.05, 0) is 62.4 Å². The number of nitrogens with two attached hydrogens (primary N) is 1. The number of halogens is 10. The highest BCUT2D eigenvalue weighted by Crippen LogP contribution is 2.37. The molecule has 0 spiro atoms. The van der Waals surface area contributed by atoms with E-state index in [0.717, 1.165) is 27.2 Å². The number of carboxylic acids is 1. The van der Waals surface area contributed by atoms with Crippen LogP contribution in [-0.2, 0) is 41.5 Å². The van der Waals surface area contributed by atoms with Crippen molar-refractivity contribution in [1.82, 2.24) is 39.1 Å². The predicted molar refractivity (Wildman–Crippen MR) is 239 cm³/mol. The summed E-state index contributed by atoms with van der Waals surface area (Å²) in [4.78, 5) is 23.1. The van der Waals surface area contributed by atoms with Gasteiger partial charge < -0.3 is 10.8 Å². The lowest BCUT2D eigenvalue weighted by molar-refractivity contribution is -0.143. The van der Waals surface area contributed by atoms with Gasteiger partial charge in [0.05, 0.1) is 62.3 Å². The van der Waals surface area contributed by atoms with Crippen LogP contribution in [0.2, 0.25) is 10.0 Å². The molecule has 12 nitrogen and oxygen atoms in total. The van der Waals surface area contributed by atoms with E-state index in [-0.39, 0.29) is 43.4 Å². The van der Waals surface area contributed by atoms with E-state index in [4.69, 9.17) is 34.0 Å². The van der Waals surface area contributed by atoms with Crippen molar-refractivity contribution in [3.63, 3.8) is 0 Å². The van der Waals surface area contributed by atoms with Gasteiger partial charge in [-0.1, -0.05) is 91.3 Å². The summed E-state index contributed by atoms with van der Waals surface area (Å²) in [6.07, 6.45) is -6.36. The first-order chi connectivity index (χ1) is 31.6. The minimum Gasteiger partial charge on any atom is -0.480 e. The molecule has 0 aliphatic carbocycles. The van der Waals surface area contributed by atoms with E-state index in [0.29, 0.717) is 27.3 Å². The highest BCUT2D eigenvalue weighted by Gasteiger charge is 2.39. The molecule has 0 atom stereocenters. The van der Waals surface area contributed by atoms with Crippen molar-refractivity contribution >= 4 is 40.6 Å². The Kier molecular flexibility index (Phi) is 16.4. The summed E-state index contributed by atoms with van der Waals surface area (Å²) in [5, 5.41) is 22.5. The number of nitrogens with zero attached hydrogens (tertiary/aromatic N) is 8. The van der Waals surface area contributed by atoms with Gasteiger partial charge in [-0.15, -0.1) is 0 Å². The third-order valence-corrected chi connectivity index (χ3v) is 10.6. The van der Waals surface area contributed by atoms with Gasteiger partial charge in [0, 0.05) is 23.1 Å². The first-order valence-corrected chi connectivity index (χ1v) is 20.3. The van der Waals surface area contributed by atoms with Gasteiger partial charge in [0.15, 0.2) is 17.2 Å². The summed E-state index contributed by atoms with van der Waals surface area (Å²) in [6, 6.07) is 30.8. The summed E-state index contributed by atoms with van der Waals surface area (Å²) in [6.45, 7) is 1.62. The van der Waals surface area contributed by atoms with E-state index in [1.165, 1.54) is 44.3 Å². The molecule has 8 rings (SSSR count). The van der Waals surface area contributed by atoms with E-state index in [9.17, 15) is 44.7 Å². The maximum atomic E-state index is 13.4. The molecular weight excluding hydrogens is 949 g/mol. The van der Waals surface area contributed by atoms with Crippen LogP contribution in [-0.4, -0.2) is 56.0 Å². The zero-order valence-electron chi connectivity index (χ0n) is 34.9. The lowest BCUT2D eigenvalue weighted by Gasteiger charge is -2.10. The number of alkyl halides is 6. The van der Waals surface area contributed by atoms with Crippen LogP contribution in [0.1, 0.15) is 35.8 Å². The summed E-state index contributed by atoms with van der Waals surface area (Å²) in [7, 11) is 0. The number of aliphatic carboxylic acids is 1. The van der Waals surface area contributed by atoms with E-state index in [1.807, 2.05) is 60.7 Å². The van der Waals surface area contributed by atoms with Crippen LogP contribution in [0, 0.1) is 25.5 Å². The standard InChI is InChI=1S/C23H17ClF4N4O.C15H12FN3.C7H6ClF3N2O2.CH4/c1-14-20(24)22(23(26,27)28)30-31(14)13-19(33)11-16-12-29-32(18-9-7-17(25)8-10-18)21(16)15-5-3-2-4-6-15;16-12-6-8-13(9-7-12)19-15(14(17)10-18-19)11-4-2-1-3-5-11;1-3-5(8)6(7(9,10)11)12-13(3)2-4(14)15;/h2-10,12H,11,13H2,1H3;1-10H,17H2;2H2,1H3,(H,14,15);1H4. The minimum absolute atomic E-state index is 0.